The Kier molecular flexibility index (Phi) is 7.30. The lowest BCUT2D eigenvalue weighted by atomic mass is 10.2. The lowest BCUT2D eigenvalue weighted by Crippen LogP contribution is -2.52. The summed E-state index contributed by atoms with van der Waals surface area (Å²) < 4.78 is 38.9. The van der Waals surface area contributed by atoms with E-state index in [2.05, 4.69) is 4.90 Å². The fourth-order valence-electron chi connectivity index (χ4n) is 4.17. The van der Waals surface area contributed by atoms with Crippen molar-refractivity contribution < 1.29 is 22.4 Å². The third kappa shape index (κ3) is 5.58. The van der Waals surface area contributed by atoms with Crippen LogP contribution in [0.1, 0.15) is 24.2 Å². The van der Waals surface area contributed by atoms with Crippen molar-refractivity contribution in [1.29, 1.82) is 0 Å². The third-order valence-electron chi connectivity index (χ3n) is 6.09. The highest BCUT2D eigenvalue weighted by Gasteiger charge is 2.31. The van der Waals surface area contributed by atoms with Gasteiger partial charge in [-0.15, -0.1) is 0 Å². The summed E-state index contributed by atoms with van der Waals surface area (Å²) in [5.74, 6) is 0.305. The molecule has 2 aliphatic heterocycles. The van der Waals surface area contributed by atoms with Crippen LogP contribution in [0.2, 0.25) is 0 Å². The first-order valence-corrected chi connectivity index (χ1v) is 12.6. The molecule has 8 nitrogen and oxygen atoms in total. The number of rotatable bonds is 8. The van der Waals surface area contributed by atoms with Crippen LogP contribution >= 0.6 is 0 Å². The average Bonchev–Trinajstić information content (AvgIpc) is 3.48. The quantitative estimate of drug-likeness (QED) is 0.599. The summed E-state index contributed by atoms with van der Waals surface area (Å²) in [5, 5.41) is 0. The Morgan fingerprint density at radius 2 is 1.88 bits per heavy atom. The highest BCUT2D eigenvalue weighted by Crippen LogP contribution is 2.20. The molecule has 1 aromatic heterocycles. The molecule has 0 unspecified atom stereocenters. The second-order valence-corrected chi connectivity index (χ2v) is 10.4. The van der Waals surface area contributed by atoms with Crippen LogP contribution in [0.4, 0.5) is 0 Å². The number of sulfonamides is 1. The second kappa shape index (κ2) is 10.2. The van der Waals surface area contributed by atoms with E-state index in [-0.39, 0.29) is 23.9 Å². The number of hydrogen-bond donors (Lipinski definition) is 0. The third-order valence-corrected chi connectivity index (χ3v) is 7.90. The monoisotopic (exact) mass is 461 g/mol. The summed E-state index contributed by atoms with van der Waals surface area (Å²) in [5.41, 5.74) is 0.971. The number of nitrogens with zero attached hydrogens (tertiary/aromatic N) is 3. The minimum absolute atomic E-state index is 0.00787. The molecule has 1 atom stereocenters. The van der Waals surface area contributed by atoms with E-state index in [9.17, 15) is 13.2 Å². The van der Waals surface area contributed by atoms with E-state index in [1.165, 1.54) is 10.6 Å². The van der Waals surface area contributed by atoms with Gasteiger partial charge in [0.15, 0.2) is 0 Å². The fourth-order valence-corrected chi connectivity index (χ4v) is 5.52. The summed E-state index contributed by atoms with van der Waals surface area (Å²) in [4.78, 5) is 17.3. The smallest absolute Gasteiger partial charge is 0.243 e. The minimum Gasteiger partial charge on any atom is -0.468 e. The number of furan rings is 1. The number of aryl methyl sites for hydroxylation is 1. The summed E-state index contributed by atoms with van der Waals surface area (Å²) in [7, 11) is -3.86. The van der Waals surface area contributed by atoms with Crippen LogP contribution in [-0.2, 0) is 26.1 Å². The molecule has 3 heterocycles. The summed E-state index contributed by atoms with van der Waals surface area (Å²) in [6.07, 6.45) is 4.00. The molecule has 0 radical (unpaired) electrons. The summed E-state index contributed by atoms with van der Waals surface area (Å²) in [6, 6.07) is 10.1. The lowest BCUT2D eigenvalue weighted by Gasteiger charge is -2.36. The molecule has 2 fully saturated rings. The Morgan fingerprint density at radius 3 is 2.50 bits per heavy atom. The number of amides is 1. The van der Waals surface area contributed by atoms with Gasteiger partial charge >= 0.3 is 0 Å². The molecule has 0 aliphatic carbocycles. The molecule has 1 amide bonds. The number of carbonyl (C=O) groups excluding carboxylic acids is 1. The van der Waals surface area contributed by atoms with Crippen molar-refractivity contribution in [2.45, 2.75) is 37.3 Å². The molecular formula is C23H31N3O5S. The fraction of sp³-hybridized carbons (Fsp3) is 0.522. The SMILES string of the molecule is Cc1ccc(S(=O)(=O)N(CC(=O)N2CCN(C[C@@H]3CCCO3)CC2)Cc2ccco2)cc1. The van der Waals surface area contributed by atoms with Gasteiger partial charge in [0, 0.05) is 39.3 Å². The summed E-state index contributed by atoms with van der Waals surface area (Å²) in [6.45, 7) is 6.15. The topological polar surface area (TPSA) is 83.3 Å². The van der Waals surface area contributed by atoms with Gasteiger partial charge in [-0.3, -0.25) is 9.69 Å². The maximum Gasteiger partial charge on any atom is 0.243 e. The van der Waals surface area contributed by atoms with Gasteiger partial charge in [0.25, 0.3) is 0 Å². The van der Waals surface area contributed by atoms with Crippen molar-refractivity contribution in [1.82, 2.24) is 14.1 Å². The van der Waals surface area contributed by atoms with Crippen LogP contribution < -0.4 is 0 Å². The lowest BCUT2D eigenvalue weighted by molar-refractivity contribution is -0.133. The van der Waals surface area contributed by atoms with Gasteiger partial charge < -0.3 is 14.1 Å². The predicted octanol–water partition coefficient (Wildman–Crippen LogP) is 2.10. The van der Waals surface area contributed by atoms with Gasteiger partial charge in [-0.25, -0.2) is 8.42 Å². The Morgan fingerprint density at radius 1 is 1.12 bits per heavy atom. The molecule has 174 valence electrons. The van der Waals surface area contributed by atoms with E-state index in [1.807, 2.05) is 6.92 Å². The van der Waals surface area contributed by atoms with Crippen molar-refractivity contribution in [2.24, 2.45) is 0 Å². The van der Waals surface area contributed by atoms with E-state index < -0.39 is 10.0 Å². The molecule has 2 saturated heterocycles. The molecule has 0 N–H and O–H groups in total. The predicted molar refractivity (Wildman–Crippen MR) is 119 cm³/mol. The van der Waals surface area contributed by atoms with Crippen molar-refractivity contribution >= 4 is 15.9 Å². The zero-order chi connectivity index (χ0) is 22.6. The molecule has 9 heteroatoms. The second-order valence-electron chi connectivity index (χ2n) is 8.48. The molecule has 0 saturated carbocycles. The molecule has 0 bridgehead atoms. The van der Waals surface area contributed by atoms with Gasteiger partial charge in [-0.1, -0.05) is 17.7 Å². The minimum atomic E-state index is -3.86. The van der Waals surface area contributed by atoms with Gasteiger partial charge in [0.05, 0.1) is 30.4 Å². The molecule has 4 rings (SSSR count). The Labute approximate surface area is 189 Å². The van der Waals surface area contributed by atoms with Crippen LogP contribution in [0.15, 0.2) is 52.0 Å². The maximum atomic E-state index is 13.3. The van der Waals surface area contributed by atoms with E-state index in [1.54, 1.807) is 41.3 Å². The van der Waals surface area contributed by atoms with Crippen LogP contribution in [0, 0.1) is 6.92 Å². The number of piperazine rings is 1. The standard InChI is InChI=1S/C23H31N3O5S/c1-19-6-8-22(9-7-19)32(28,29)26(17-21-5-3-15-31-21)18-23(27)25-12-10-24(11-13-25)16-20-4-2-14-30-20/h3,5-9,15,20H,2,4,10-14,16-18H2,1H3/t20-/m0/s1. The zero-order valence-corrected chi connectivity index (χ0v) is 19.3. The summed E-state index contributed by atoms with van der Waals surface area (Å²) >= 11 is 0. The largest absolute Gasteiger partial charge is 0.468 e. The van der Waals surface area contributed by atoms with Crippen LogP contribution in [0.25, 0.3) is 0 Å². The highest BCUT2D eigenvalue weighted by molar-refractivity contribution is 7.89. The molecule has 2 aliphatic rings. The van der Waals surface area contributed by atoms with Gasteiger partial charge in [0.1, 0.15) is 5.76 Å². The molecular weight excluding hydrogens is 430 g/mol. The first-order chi connectivity index (χ1) is 15.4. The van der Waals surface area contributed by atoms with Crippen molar-refractivity contribution in [3.8, 4) is 0 Å². The highest BCUT2D eigenvalue weighted by atomic mass is 32.2. The average molecular weight is 462 g/mol. The van der Waals surface area contributed by atoms with Crippen molar-refractivity contribution in [3.05, 3.63) is 54.0 Å². The maximum absolute atomic E-state index is 13.3. The Bertz CT molecular complexity index is 977. The van der Waals surface area contributed by atoms with E-state index >= 15 is 0 Å². The van der Waals surface area contributed by atoms with Gasteiger partial charge in [0.2, 0.25) is 15.9 Å². The van der Waals surface area contributed by atoms with E-state index in [0.717, 1.165) is 44.6 Å². The number of ether oxygens (including phenoxy) is 1. The normalized spacial score (nSPS) is 20.2. The number of hydrogen-bond acceptors (Lipinski definition) is 6. The Hall–Kier alpha value is -2.20. The first kappa shape index (κ1) is 23.0. The van der Waals surface area contributed by atoms with Crippen LogP contribution in [0.3, 0.4) is 0 Å². The Balaban J connectivity index is 1.41. The first-order valence-electron chi connectivity index (χ1n) is 11.1. The number of benzene rings is 1. The van der Waals surface area contributed by atoms with Crippen molar-refractivity contribution in [3.63, 3.8) is 0 Å². The molecule has 0 spiro atoms. The van der Waals surface area contributed by atoms with Gasteiger partial charge in [-0.2, -0.15) is 4.31 Å². The van der Waals surface area contributed by atoms with E-state index in [4.69, 9.17) is 9.15 Å². The van der Waals surface area contributed by atoms with Gasteiger partial charge in [-0.05, 0) is 44.0 Å². The molecule has 2 aromatic rings. The van der Waals surface area contributed by atoms with Crippen LogP contribution in [0.5, 0.6) is 0 Å². The molecule has 32 heavy (non-hydrogen) atoms. The van der Waals surface area contributed by atoms with Crippen molar-refractivity contribution in [2.75, 3.05) is 45.9 Å². The zero-order valence-electron chi connectivity index (χ0n) is 18.5. The van der Waals surface area contributed by atoms with Crippen LogP contribution in [-0.4, -0.2) is 80.4 Å². The van der Waals surface area contributed by atoms with E-state index in [0.29, 0.717) is 25.0 Å². The number of carbonyl (C=O) groups is 1. The molecule has 1 aromatic carbocycles.